The second kappa shape index (κ2) is 22.3. The Hall–Kier alpha value is 1.05. The first kappa shape index (κ1) is 26.0. The van der Waals surface area contributed by atoms with E-state index >= 15 is 0 Å². The van der Waals surface area contributed by atoms with E-state index in [1.54, 1.807) is 0 Å². The molecule has 0 unspecified atom stereocenters. The fourth-order valence-corrected chi connectivity index (χ4v) is 0.642. The van der Waals surface area contributed by atoms with Crippen LogP contribution in [0.2, 0.25) is 0 Å². The summed E-state index contributed by atoms with van der Waals surface area (Å²) in [6.07, 6.45) is 22.7. The molecular formula is C18H27PZr. The van der Waals surface area contributed by atoms with Gasteiger partial charge in [-0.1, -0.05) is 5.57 Å². The van der Waals surface area contributed by atoms with Crippen molar-refractivity contribution in [1.29, 1.82) is 0 Å². The Balaban J connectivity index is -0.000000191. The van der Waals surface area contributed by atoms with Crippen LogP contribution in [0.4, 0.5) is 0 Å². The molecule has 0 aromatic carbocycles. The molecule has 2 heteroatoms. The van der Waals surface area contributed by atoms with E-state index in [4.69, 9.17) is 0 Å². The van der Waals surface area contributed by atoms with Crippen molar-refractivity contribution in [2.75, 3.05) is 20.0 Å². The third kappa shape index (κ3) is 36.4. The van der Waals surface area contributed by atoms with Gasteiger partial charge in [0.25, 0.3) is 0 Å². The van der Waals surface area contributed by atoms with E-state index < -0.39 is 0 Å². The van der Waals surface area contributed by atoms with Gasteiger partial charge in [-0.3, -0.25) is 0 Å². The van der Waals surface area contributed by atoms with Crippen molar-refractivity contribution >= 4 is 7.92 Å². The average molecular weight is 366 g/mol. The molecule has 0 aliphatic heterocycles. The number of hydrogen-bond donors (Lipinski definition) is 0. The van der Waals surface area contributed by atoms with Crippen LogP contribution in [-0.4, -0.2) is 20.0 Å². The summed E-state index contributed by atoms with van der Waals surface area (Å²) in [6, 6.07) is 0. The van der Waals surface area contributed by atoms with Crippen molar-refractivity contribution in [3.05, 3.63) is 82.8 Å². The third-order valence-electron chi connectivity index (χ3n) is 1.46. The molecule has 0 spiro atoms. The SMILES string of the molecule is CP(C)C.[CH2][C]=C(C)C.[CH]1[CH][CH][CH][CH]1.[CH]1[CH][CH][CH][CH]1.[Zr]. The van der Waals surface area contributed by atoms with E-state index in [2.05, 4.69) is 33.0 Å². The zero-order valence-corrected chi connectivity index (χ0v) is 16.8. The van der Waals surface area contributed by atoms with Gasteiger partial charge in [0.1, 0.15) is 0 Å². The molecule has 2 saturated carbocycles. The Morgan fingerprint density at radius 1 is 0.700 bits per heavy atom. The van der Waals surface area contributed by atoms with E-state index in [0.29, 0.717) is 7.92 Å². The first-order chi connectivity index (χ1) is 9.00. The van der Waals surface area contributed by atoms with Crippen molar-refractivity contribution < 1.29 is 26.2 Å². The van der Waals surface area contributed by atoms with E-state index in [1.807, 2.05) is 78.1 Å². The van der Waals surface area contributed by atoms with Gasteiger partial charge in [0.05, 0.1) is 0 Å². The average Bonchev–Trinajstić information content (AvgIpc) is 3.06. The van der Waals surface area contributed by atoms with Crippen LogP contribution >= 0.6 is 7.92 Å². The molecule has 0 nitrogen and oxygen atoms in total. The third-order valence-corrected chi connectivity index (χ3v) is 1.46. The van der Waals surface area contributed by atoms with Gasteiger partial charge in [-0.25, -0.2) is 0 Å². The molecule has 0 heterocycles. The van der Waals surface area contributed by atoms with Gasteiger partial charge >= 0.3 is 0 Å². The molecule has 2 rings (SSSR count). The number of hydrogen-bond acceptors (Lipinski definition) is 0. The maximum absolute atomic E-state index is 3.40. The molecule has 12 radical (unpaired) electrons. The molecule has 0 N–H and O–H groups in total. The predicted molar refractivity (Wildman–Crippen MR) is 91.2 cm³/mol. The van der Waals surface area contributed by atoms with Crippen LogP contribution in [0.3, 0.4) is 0 Å². The minimum atomic E-state index is 0. The molecule has 2 fully saturated rings. The van der Waals surface area contributed by atoms with Crippen LogP contribution < -0.4 is 0 Å². The Morgan fingerprint density at radius 3 is 0.850 bits per heavy atom. The quantitative estimate of drug-likeness (QED) is 0.531. The van der Waals surface area contributed by atoms with Crippen LogP contribution in [0, 0.1) is 77.2 Å². The fraction of sp³-hybridized carbons (Fsp3) is 0.278. The fourth-order valence-electron chi connectivity index (χ4n) is 0.642. The van der Waals surface area contributed by atoms with E-state index in [0.717, 1.165) is 5.57 Å². The van der Waals surface area contributed by atoms with Crippen molar-refractivity contribution in [1.82, 2.24) is 0 Å². The Kier molecular flexibility index (Phi) is 29.0. The molecule has 0 atom stereocenters. The molecule has 0 aromatic heterocycles. The van der Waals surface area contributed by atoms with Crippen LogP contribution in [-0.2, 0) is 26.2 Å². The van der Waals surface area contributed by atoms with Crippen molar-refractivity contribution in [3.63, 3.8) is 0 Å². The minimum absolute atomic E-state index is 0. The predicted octanol–water partition coefficient (Wildman–Crippen LogP) is 4.99. The summed E-state index contributed by atoms with van der Waals surface area (Å²) in [7, 11) is 0.380. The monoisotopic (exact) mass is 364 g/mol. The minimum Gasteiger partial charge on any atom is -0.116 e. The van der Waals surface area contributed by atoms with E-state index in [9.17, 15) is 0 Å². The smallest absolute Gasteiger partial charge is 0 e. The molecular weight excluding hydrogens is 338 g/mol. The standard InChI is InChI=1S/2C5H5.C5H8.C3H9P.Zr/c2*1-2-4-5-3-1;1-4-5(2)3;1-4(2)3;/h2*1-5H;1H2,2-3H3;1-3H3;. The van der Waals surface area contributed by atoms with E-state index in [1.165, 1.54) is 0 Å². The summed E-state index contributed by atoms with van der Waals surface area (Å²) in [5.41, 5.74) is 1.14. The summed E-state index contributed by atoms with van der Waals surface area (Å²) < 4.78 is 0. The topological polar surface area (TPSA) is 0 Å². The molecule has 2 aliphatic carbocycles. The summed E-state index contributed by atoms with van der Waals surface area (Å²) in [5, 5.41) is 0. The van der Waals surface area contributed by atoms with Gasteiger partial charge in [-0.15, -0.1) is 7.92 Å². The molecule has 0 saturated heterocycles. The largest absolute Gasteiger partial charge is 0.116 e. The Morgan fingerprint density at radius 2 is 0.800 bits per heavy atom. The summed E-state index contributed by atoms with van der Waals surface area (Å²) in [6.45, 7) is 14.0. The first-order valence-electron chi connectivity index (χ1n) is 6.28. The first-order valence-corrected chi connectivity index (χ1v) is 8.96. The second-order valence-electron chi connectivity index (χ2n) is 4.44. The number of allylic oxidation sites excluding steroid dienone is 2. The summed E-state index contributed by atoms with van der Waals surface area (Å²) in [5.74, 6) is 0. The van der Waals surface area contributed by atoms with Gasteiger partial charge < -0.3 is 0 Å². The molecule has 0 amide bonds. The molecule has 20 heavy (non-hydrogen) atoms. The maximum Gasteiger partial charge on any atom is 0 e. The van der Waals surface area contributed by atoms with Gasteiger partial charge in [-0.2, -0.15) is 0 Å². The van der Waals surface area contributed by atoms with Crippen molar-refractivity contribution in [2.24, 2.45) is 0 Å². The van der Waals surface area contributed by atoms with E-state index in [-0.39, 0.29) is 26.2 Å². The van der Waals surface area contributed by atoms with Gasteiger partial charge in [0.15, 0.2) is 0 Å². The summed E-state index contributed by atoms with van der Waals surface area (Å²) >= 11 is 0. The maximum atomic E-state index is 3.40. The molecule has 0 bridgehead atoms. The molecule has 108 valence electrons. The zero-order chi connectivity index (χ0) is 14.9. The zero-order valence-electron chi connectivity index (χ0n) is 13.4. The van der Waals surface area contributed by atoms with Crippen molar-refractivity contribution in [3.8, 4) is 0 Å². The summed E-state index contributed by atoms with van der Waals surface area (Å²) in [4.78, 5) is 0. The van der Waals surface area contributed by atoms with Crippen molar-refractivity contribution in [2.45, 2.75) is 13.8 Å². The molecule has 2 aliphatic rings. The van der Waals surface area contributed by atoms with Crippen LogP contribution in [0.15, 0.2) is 5.57 Å². The van der Waals surface area contributed by atoms with Crippen LogP contribution in [0.5, 0.6) is 0 Å². The van der Waals surface area contributed by atoms with Gasteiger partial charge in [-0.05, 0) is 111 Å². The normalized spacial score (nSPS) is 15.6. The van der Waals surface area contributed by atoms with Crippen LogP contribution in [0.1, 0.15) is 13.8 Å². The second-order valence-corrected chi connectivity index (χ2v) is 7.13. The number of rotatable bonds is 0. The Labute approximate surface area is 150 Å². The molecule has 0 aromatic rings. The van der Waals surface area contributed by atoms with Crippen LogP contribution in [0.25, 0.3) is 0 Å². The van der Waals surface area contributed by atoms with Gasteiger partial charge in [0.2, 0.25) is 0 Å². The Bertz CT molecular complexity index is 148. The van der Waals surface area contributed by atoms with Gasteiger partial charge in [0, 0.05) is 26.2 Å².